The van der Waals surface area contributed by atoms with E-state index in [-0.39, 0.29) is 5.91 Å². The van der Waals surface area contributed by atoms with Gasteiger partial charge in [-0.25, -0.2) is 0 Å². The van der Waals surface area contributed by atoms with Crippen molar-refractivity contribution in [1.82, 2.24) is 15.0 Å². The number of benzene rings is 2. The molecule has 0 atom stereocenters. The van der Waals surface area contributed by atoms with E-state index in [4.69, 9.17) is 0 Å². The molecule has 0 N–H and O–H groups in total. The molecule has 0 saturated carbocycles. The molecule has 0 bridgehead atoms. The number of likely N-dealkylation sites (N-methyl/N-ethyl adjacent to an activating group) is 1. The van der Waals surface area contributed by atoms with Crippen LogP contribution in [-0.4, -0.2) is 27.4 Å². The Balaban J connectivity index is 1.73. The van der Waals surface area contributed by atoms with Crippen molar-refractivity contribution in [3.63, 3.8) is 0 Å². The van der Waals surface area contributed by atoms with Crippen molar-refractivity contribution in [1.29, 1.82) is 0 Å². The minimum absolute atomic E-state index is 0.0852. The van der Waals surface area contributed by atoms with Crippen molar-refractivity contribution < 1.29 is 4.79 Å². The number of aromatic nitrogens is 3. The van der Waals surface area contributed by atoms with Gasteiger partial charge in [0.05, 0.1) is 11.9 Å². The Morgan fingerprint density at radius 3 is 2.42 bits per heavy atom. The molecule has 3 rings (SSSR count). The fourth-order valence-electron chi connectivity index (χ4n) is 2.36. The normalized spacial score (nSPS) is 10.9. The van der Waals surface area contributed by atoms with Crippen LogP contribution in [0.25, 0.3) is 11.8 Å². The lowest BCUT2D eigenvalue weighted by Crippen LogP contribution is -2.28. The SMILES string of the molecule is CCN(C(=O)C=Cc1cnn(-c2ccccc2)n1)c1ccccc1. The lowest BCUT2D eigenvalue weighted by molar-refractivity contribution is -0.114. The largest absolute Gasteiger partial charge is 0.309 e. The molecule has 0 aliphatic rings. The number of hydrogen-bond donors (Lipinski definition) is 0. The maximum atomic E-state index is 12.4. The second kappa shape index (κ2) is 7.37. The van der Waals surface area contributed by atoms with Crippen LogP contribution in [0, 0.1) is 0 Å². The minimum Gasteiger partial charge on any atom is -0.309 e. The van der Waals surface area contributed by atoms with Gasteiger partial charge in [-0.15, -0.1) is 5.10 Å². The second-order valence-electron chi connectivity index (χ2n) is 5.15. The first-order valence-corrected chi connectivity index (χ1v) is 7.80. The maximum Gasteiger partial charge on any atom is 0.251 e. The highest BCUT2D eigenvalue weighted by Gasteiger charge is 2.10. The summed E-state index contributed by atoms with van der Waals surface area (Å²) in [5, 5.41) is 8.58. The highest BCUT2D eigenvalue weighted by molar-refractivity contribution is 6.03. The van der Waals surface area contributed by atoms with Crippen molar-refractivity contribution in [2.75, 3.05) is 11.4 Å². The van der Waals surface area contributed by atoms with Crippen LogP contribution >= 0.6 is 0 Å². The van der Waals surface area contributed by atoms with Crippen LogP contribution in [0.1, 0.15) is 12.6 Å². The number of amides is 1. The number of anilines is 1. The van der Waals surface area contributed by atoms with Crippen molar-refractivity contribution in [2.24, 2.45) is 0 Å². The topological polar surface area (TPSA) is 51.0 Å². The van der Waals surface area contributed by atoms with Gasteiger partial charge in [-0.05, 0) is 37.3 Å². The van der Waals surface area contributed by atoms with E-state index >= 15 is 0 Å². The summed E-state index contributed by atoms with van der Waals surface area (Å²) in [6, 6.07) is 19.2. The molecule has 24 heavy (non-hydrogen) atoms. The van der Waals surface area contributed by atoms with E-state index in [2.05, 4.69) is 10.2 Å². The fourth-order valence-corrected chi connectivity index (χ4v) is 2.36. The van der Waals surface area contributed by atoms with Gasteiger partial charge in [0.15, 0.2) is 0 Å². The summed E-state index contributed by atoms with van der Waals surface area (Å²) in [6.45, 7) is 2.55. The van der Waals surface area contributed by atoms with E-state index < -0.39 is 0 Å². The monoisotopic (exact) mass is 318 g/mol. The van der Waals surface area contributed by atoms with Gasteiger partial charge in [-0.2, -0.15) is 9.90 Å². The third-order valence-electron chi connectivity index (χ3n) is 3.54. The number of rotatable bonds is 5. The summed E-state index contributed by atoms with van der Waals surface area (Å²) in [5.41, 5.74) is 2.39. The van der Waals surface area contributed by atoms with Crippen LogP contribution in [0.3, 0.4) is 0 Å². The van der Waals surface area contributed by atoms with Gasteiger partial charge in [0.25, 0.3) is 5.91 Å². The number of para-hydroxylation sites is 2. The fraction of sp³-hybridized carbons (Fsp3) is 0.105. The highest BCUT2D eigenvalue weighted by atomic mass is 16.2. The average molecular weight is 318 g/mol. The molecule has 1 heterocycles. The van der Waals surface area contributed by atoms with Crippen LogP contribution in [0.2, 0.25) is 0 Å². The molecular weight excluding hydrogens is 300 g/mol. The van der Waals surface area contributed by atoms with Gasteiger partial charge in [0.1, 0.15) is 5.69 Å². The van der Waals surface area contributed by atoms with E-state index in [9.17, 15) is 4.79 Å². The van der Waals surface area contributed by atoms with Gasteiger partial charge in [0.2, 0.25) is 0 Å². The Labute approximate surface area is 140 Å². The van der Waals surface area contributed by atoms with E-state index in [1.165, 1.54) is 6.08 Å². The second-order valence-corrected chi connectivity index (χ2v) is 5.15. The molecule has 3 aromatic rings. The Bertz CT molecular complexity index is 825. The van der Waals surface area contributed by atoms with Gasteiger partial charge >= 0.3 is 0 Å². The lowest BCUT2D eigenvalue weighted by atomic mass is 10.2. The van der Waals surface area contributed by atoms with Crippen LogP contribution in [0.5, 0.6) is 0 Å². The van der Waals surface area contributed by atoms with Crippen LogP contribution in [0.15, 0.2) is 72.9 Å². The summed E-state index contributed by atoms with van der Waals surface area (Å²) in [5.74, 6) is -0.0852. The predicted molar refractivity (Wildman–Crippen MR) is 94.9 cm³/mol. The van der Waals surface area contributed by atoms with Crippen molar-refractivity contribution in [3.05, 3.63) is 78.6 Å². The Morgan fingerprint density at radius 1 is 1.08 bits per heavy atom. The third-order valence-corrected chi connectivity index (χ3v) is 3.54. The zero-order valence-electron chi connectivity index (χ0n) is 13.4. The molecule has 0 saturated heterocycles. The van der Waals surface area contributed by atoms with Gasteiger partial charge in [-0.1, -0.05) is 36.4 Å². The van der Waals surface area contributed by atoms with Gasteiger partial charge < -0.3 is 4.90 Å². The van der Waals surface area contributed by atoms with Crippen molar-refractivity contribution >= 4 is 17.7 Å². The summed E-state index contributed by atoms with van der Waals surface area (Å²) in [4.78, 5) is 15.7. The first-order valence-electron chi connectivity index (χ1n) is 7.80. The molecule has 0 fully saturated rings. The smallest absolute Gasteiger partial charge is 0.251 e. The van der Waals surface area contributed by atoms with Crippen molar-refractivity contribution in [3.8, 4) is 5.69 Å². The first-order chi connectivity index (χ1) is 11.8. The van der Waals surface area contributed by atoms with E-state index in [0.717, 1.165) is 11.4 Å². The lowest BCUT2D eigenvalue weighted by Gasteiger charge is -2.18. The van der Waals surface area contributed by atoms with E-state index in [1.807, 2.05) is 67.6 Å². The number of carbonyl (C=O) groups excluding carboxylic acids is 1. The number of carbonyl (C=O) groups is 1. The molecular formula is C19H18N4O. The molecule has 0 aliphatic heterocycles. The molecule has 2 aromatic carbocycles. The summed E-state index contributed by atoms with van der Waals surface area (Å²) in [6.07, 6.45) is 4.84. The molecule has 120 valence electrons. The first kappa shape index (κ1) is 15.7. The highest BCUT2D eigenvalue weighted by Crippen LogP contribution is 2.14. The van der Waals surface area contributed by atoms with E-state index in [1.54, 1.807) is 22.0 Å². The molecule has 0 spiro atoms. The average Bonchev–Trinajstić information content (AvgIpc) is 3.11. The molecule has 0 unspecified atom stereocenters. The molecule has 0 aliphatic carbocycles. The summed E-state index contributed by atoms with van der Waals surface area (Å²) in [7, 11) is 0. The summed E-state index contributed by atoms with van der Waals surface area (Å²) >= 11 is 0. The van der Waals surface area contributed by atoms with E-state index in [0.29, 0.717) is 12.2 Å². The Hall–Kier alpha value is -3.21. The number of nitrogens with zero attached hydrogens (tertiary/aromatic N) is 4. The molecule has 1 amide bonds. The Kier molecular flexibility index (Phi) is 4.81. The molecule has 5 heteroatoms. The quantitative estimate of drug-likeness (QED) is 0.678. The zero-order chi connectivity index (χ0) is 16.8. The van der Waals surface area contributed by atoms with Crippen LogP contribution in [-0.2, 0) is 4.79 Å². The third kappa shape index (κ3) is 3.57. The number of hydrogen-bond acceptors (Lipinski definition) is 3. The van der Waals surface area contributed by atoms with Crippen LogP contribution < -0.4 is 4.90 Å². The zero-order valence-corrected chi connectivity index (χ0v) is 13.4. The van der Waals surface area contributed by atoms with Gasteiger partial charge in [-0.3, -0.25) is 4.79 Å². The van der Waals surface area contributed by atoms with Crippen LogP contribution in [0.4, 0.5) is 5.69 Å². The molecule has 0 radical (unpaired) electrons. The summed E-state index contributed by atoms with van der Waals surface area (Å²) < 4.78 is 0. The molecule has 5 nitrogen and oxygen atoms in total. The predicted octanol–water partition coefficient (Wildman–Crippen LogP) is 3.33. The molecule has 1 aromatic heterocycles. The maximum absolute atomic E-state index is 12.4. The standard InChI is InChI=1S/C19H18N4O/c1-2-22(17-9-5-3-6-10-17)19(24)14-13-16-15-20-23(21-16)18-11-7-4-8-12-18/h3-15H,2H2,1H3. The van der Waals surface area contributed by atoms with Crippen molar-refractivity contribution in [2.45, 2.75) is 6.92 Å². The minimum atomic E-state index is -0.0852. The Morgan fingerprint density at radius 2 is 1.75 bits per heavy atom. The van der Waals surface area contributed by atoms with Gasteiger partial charge in [0, 0.05) is 18.3 Å².